The summed E-state index contributed by atoms with van der Waals surface area (Å²) in [4.78, 5) is 14.4. The number of rotatable bonds is 4. The zero-order valence-corrected chi connectivity index (χ0v) is 11.4. The smallest absolute Gasteiger partial charge is 0.287 e. The highest BCUT2D eigenvalue weighted by Crippen LogP contribution is 2.26. The standard InChI is InChI=1S/C13H20N4O2/c1-10-6-11(17(18)19)7-15-12(10)16-9-13(2)4-3-5-14-8-13/h6-7,14H,3-5,8-9H2,1-2H3,(H,15,16). The first-order valence-corrected chi connectivity index (χ1v) is 6.56. The molecule has 1 atom stereocenters. The van der Waals surface area contributed by atoms with Gasteiger partial charge in [-0.15, -0.1) is 0 Å². The predicted octanol–water partition coefficient (Wildman–Crippen LogP) is 2.10. The molecule has 2 heterocycles. The molecule has 1 unspecified atom stereocenters. The van der Waals surface area contributed by atoms with Gasteiger partial charge in [0.05, 0.1) is 4.92 Å². The van der Waals surface area contributed by atoms with Crippen LogP contribution in [0.25, 0.3) is 0 Å². The highest BCUT2D eigenvalue weighted by atomic mass is 16.6. The highest BCUT2D eigenvalue weighted by molar-refractivity contribution is 5.48. The van der Waals surface area contributed by atoms with Gasteiger partial charge < -0.3 is 10.6 Å². The van der Waals surface area contributed by atoms with Gasteiger partial charge in [-0.2, -0.15) is 0 Å². The number of nitrogens with zero attached hydrogens (tertiary/aromatic N) is 2. The molecule has 6 heteroatoms. The van der Waals surface area contributed by atoms with Crippen LogP contribution < -0.4 is 10.6 Å². The Hall–Kier alpha value is -1.69. The summed E-state index contributed by atoms with van der Waals surface area (Å²) in [6.45, 7) is 6.98. The molecule has 19 heavy (non-hydrogen) atoms. The molecular formula is C13H20N4O2. The molecule has 1 aliphatic rings. The zero-order chi connectivity index (χ0) is 13.9. The number of aromatic nitrogens is 1. The summed E-state index contributed by atoms with van der Waals surface area (Å²) in [6.07, 6.45) is 3.67. The first-order chi connectivity index (χ1) is 9.00. The van der Waals surface area contributed by atoms with Crippen molar-refractivity contribution in [2.45, 2.75) is 26.7 Å². The number of hydrogen-bond acceptors (Lipinski definition) is 5. The normalized spacial score (nSPS) is 23.1. The van der Waals surface area contributed by atoms with Gasteiger partial charge >= 0.3 is 0 Å². The van der Waals surface area contributed by atoms with Gasteiger partial charge in [0.1, 0.15) is 12.0 Å². The summed E-state index contributed by atoms with van der Waals surface area (Å²) in [5.41, 5.74) is 1.06. The Balaban J connectivity index is 2.01. The summed E-state index contributed by atoms with van der Waals surface area (Å²) >= 11 is 0. The molecule has 0 radical (unpaired) electrons. The Morgan fingerprint density at radius 2 is 2.42 bits per heavy atom. The quantitative estimate of drug-likeness (QED) is 0.643. The molecule has 1 saturated heterocycles. The Labute approximate surface area is 112 Å². The number of hydrogen-bond donors (Lipinski definition) is 2. The fourth-order valence-electron chi connectivity index (χ4n) is 2.41. The van der Waals surface area contributed by atoms with E-state index in [1.165, 1.54) is 19.0 Å². The van der Waals surface area contributed by atoms with Gasteiger partial charge in [-0.05, 0) is 37.3 Å². The topological polar surface area (TPSA) is 80.1 Å². The second-order valence-corrected chi connectivity index (χ2v) is 5.56. The van der Waals surface area contributed by atoms with E-state index in [9.17, 15) is 10.1 Å². The van der Waals surface area contributed by atoms with E-state index in [0.29, 0.717) is 0 Å². The summed E-state index contributed by atoms with van der Waals surface area (Å²) in [7, 11) is 0. The van der Waals surface area contributed by atoms with Crippen LogP contribution in [0.15, 0.2) is 12.3 Å². The van der Waals surface area contributed by atoms with Crippen LogP contribution >= 0.6 is 0 Å². The van der Waals surface area contributed by atoms with Crippen LogP contribution in [0, 0.1) is 22.5 Å². The van der Waals surface area contributed by atoms with Crippen molar-refractivity contribution in [1.29, 1.82) is 0 Å². The van der Waals surface area contributed by atoms with Gasteiger partial charge in [0.15, 0.2) is 0 Å². The average Bonchev–Trinajstić information content (AvgIpc) is 2.38. The van der Waals surface area contributed by atoms with Crippen molar-refractivity contribution in [3.05, 3.63) is 27.9 Å². The second kappa shape index (κ2) is 5.52. The summed E-state index contributed by atoms with van der Waals surface area (Å²) in [5.74, 6) is 0.734. The fourth-order valence-corrected chi connectivity index (χ4v) is 2.41. The lowest BCUT2D eigenvalue weighted by Gasteiger charge is -2.34. The molecule has 1 aromatic heterocycles. The zero-order valence-electron chi connectivity index (χ0n) is 11.4. The lowest BCUT2D eigenvalue weighted by Crippen LogP contribution is -2.42. The first-order valence-electron chi connectivity index (χ1n) is 6.56. The van der Waals surface area contributed by atoms with Crippen molar-refractivity contribution < 1.29 is 4.92 Å². The molecule has 0 aliphatic carbocycles. The maximum absolute atomic E-state index is 10.7. The van der Waals surface area contributed by atoms with Crippen LogP contribution in [0.3, 0.4) is 0 Å². The van der Waals surface area contributed by atoms with Gasteiger partial charge in [0.25, 0.3) is 5.69 Å². The van der Waals surface area contributed by atoms with E-state index in [4.69, 9.17) is 0 Å². The van der Waals surface area contributed by atoms with Crippen LogP contribution in [0.4, 0.5) is 11.5 Å². The van der Waals surface area contributed by atoms with Crippen molar-refractivity contribution in [3.8, 4) is 0 Å². The molecule has 0 bridgehead atoms. The molecule has 1 aromatic rings. The van der Waals surface area contributed by atoms with Gasteiger partial charge in [0, 0.05) is 19.2 Å². The Morgan fingerprint density at radius 3 is 3.00 bits per heavy atom. The largest absolute Gasteiger partial charge is 0.369 e. The second-order valence-electron chi connectivity index (χ2n) is 5.56. The molecule has 6 nitrogen and oxygen atoms in total. The molecular weight excluding hydrogens is 244 g/mol. The molecule has 1 aliphatic heterocycles. The van der Waals surface area contributed by atoms with Gasteiger partial charge in [-0.3, -0.25) is 10.1 Å². The average molecular weight is 264 g/mol. The lowest BCUT2D eigenvalue weighted by atomic mass is 9.83. The van der Waals surface area contributed by atoms with Crippen LogP contribution in [-0.4, -0.2) is 29.5 Å². The van der Waals surface area contributed by atoms with Crippen molar-refractivity contribution >= 4 is 11.5 Å². The first kappa shape index (κ1) is 13.7. The summed E-state index contributed by atoms with van der Waals surface area (Å²) in [5, 5.41) is 17.4. The van der Waals surface area contributed by atoms with Crippen molar-refractivity contribution in [3.63, 3.8) is 0 Å². The maximum Gasteiger partial charge on any atom is 0.287 e. The minimum absolute atomic E-state index is 0.0357. The monoisotopic (exact) mass is 264 g/mol. The number of nitrogens with one attached hydrogen (secondary N) is 2. The molecule has 1 fully saturated rings. The molecule has 0 aromatic carbocycles. The Morgan fingerprint density at radius 1 is 1.63 bits per heavy atom. The van der Waals surface area contributed by atoms with Crippen molar-refractivity contribution in [1.82, 2.24) is 10.3 Å². The predicted molar refractivity (Wildman–Crippen MR) is 74.3 cm³/mol. The number of piperidine rings is 1. The number of nitro groups is 1. The molecule has 0 spiro atoms. The third-order valence-corrected chi connectivity index (χ3v) is 3.64. The van der Waals surface area contributed by atoms with E-state index in [-0.39, 0.29) is 11.1 Å². The van der Waals surface area contributed by atoms with Crippen LogP contribution in [0.1, 0.15) is 25.3 Å². The van der Waals surface area contributed by atoms with E-state index in [1.807, 2.05) is 6.92 Å². The van der Waals surface area contributed by atoms with Crippen LogP contribution in [0.2, 0.25) is 0 Å². The Bertz CT molecular complexity index is 470. The molecule has 104 valence electrons. The maximum atomic E-state index is 10.7. The lowest BCUT2D eigenvalue weighted by molar-refractivity contribution is -0.385. The fraction of sp³-hybridized carbons (Fsp3) is 0.615. The van der Waals surface area contributed by atoms with E-state index in [1.54, 1.807) is 6.07 Å². The van der Waals surface area contributed by atoms with Gasteiger partial charge in [-0.1, -0.05) is 6.92 Å². The van der Waals surface area contributed by atoms with Crippen molar-refractivity contribution in [2.75, 3.05) is 25.0 Å². The van der Waals surface area contributed by atoms with Crippen LogP contribution in [-0.2, 0) is 0 Å². The van der Waals surface area contributed by atoms with Crippen molar-refractivity contribution in [2.24, 2.45) is 5.41 Å². The number of aryl methyl sites for hydroxylation is 1. The van der Waals surface area contributed by atoms with E-state index < -0.39 is 4.92 Å². The third-order valence-electron chi connectivity index (χ3n) is 3.64. The minimum atomic E-state index is -0.420. The van der Waals surface area contributed by atoms with E-state index in [0.717, 1.165) is 31.0 Å². The van der Waals surface area contributed by atoms with E-state index in [2.05, 4.69) is 22.5 Å². The molecule has 2 N–H and O–H groups in total. The molecule has 0 saturated carbocycles. The molecule has 2 rings (SSSR count). The SMILES string of the molecule is Cc1cc([N+](=O)[O-])cnc1NCC1(C)CCCNC1. The molecule has 0 amide bonds. The summed E-state index contributed by atoms with van der Waals surface area (Å²) in [6, 6.07) is 1.55. The van der Waals surface area contributed by atoms with Crippen LogP contribution in [0.5, 0.6) is 0 Å². The summed E-state index contributed by atoms with van der Waals surface area (Å²) < 4.78 is 0. The minimum Gasteiger partial charge on any atom is -0.369 e. The highest BCUT2D eigenvalue weighted by Gasteiger charge is 2.26. The van der Waals surface area contributed by atoms with E-state index >= 15 is 0 Å². The number of pyridine rings is 1. The van der Waals surface area contributed by atoms with Gasteiger partial charge in [-0.25, -0.2) is 4.98 Å². The third kappa shape index (κ3) is 3.41. The number of anilines is 1. The van der Waals surface area contributed by atoms with Gasteiger partial charge in [0.2, 0.25) is 0 Å². The Kier molecular flexibility index (Phi) is 3.99.